The smallest absolute Gasteiger partial charge is 0.137 e. The van der Waals surface area contributed by atoms with Crippen molar-refractivity contribution in [1.29, 1.82) is 0 Å². The van der Waals surface area contributed by atoms with Gasteiger partial charge in [0.15, 0.2) is 0 Å². The van der Waals surface area contributed by atoms with E-state index in [2.05, 4.69) is 21.4 Å². The predicted octanol–water partition coefficient (Wildman–Crippen LogP) is 2.44. The van der Waals surface area contributed by atoms with Crippen LogP contribution in [0.5, 0.6) is 0 Å². The van der Waals surface area contributed by atoms with E-state index in [0.29, 0.717) is 5.25 Å². The molecule has 1 saturated heterocycles. The molecule has 0 amide bonds. The number of hydrogen-bond donors (Lipinski definition) is 2. The molecule has 78 valence electrons. The maximum atomic E-state index is 5.57. The molecule has 1 aromatic heterocycles. The van der Waals surface area contributed by atoms with Gasteiger partial charge in [0.2, 0.25) is 0 Å². The first-order valence-electron chi connectivity index (χ1n) is 4.63. The molecule has 2 rings (SSSR count). The van der Waals surface area contributed by atoms with Gasteiger partial charge in [0.1, 0.15) is 5.76 Å². The lowest BCUT2D eigenvalue weighted by atomic mass is 10.1. The number of rotatable bonds is 3. The minimum atomic E-state index is 0.117. The normalized spacial score (nSPS) is 24.0. The Bertz CT molecular complexity index is 299. The highest BCUT2D eigenvalue weighted by molar-refractivity contribution is 9.10. The Hall–Kier alpha value is 0.0300. The second-order valence-electron chi connectivity index (χ2n) is 3.33. The molecule has 1 aromatic rings. The van der Waals surface area contributed by atoms with E-state index in [1.165, 1.54) is 18.6 Å². The standard InChI is InChI=1S/C9H13BrN2OS/c10-6-3-4-13-9(6)8(12-11)7-2-1-5-14-7/h3-4,7-8,12H,1-2,5,11H2. The predicted molar refractivity (Wildman–Crippen MR) is 62.0 cm³/mol. The van der Waals surface area contributed by atoms with Crippen molar-refractivity contribution in [3.05, 3.63) is 22.6 Å². The van der Waals surface area contributed by atoms with E-state index >= 15 is 0 Å². The maximum absolute atomic E-state index is 5.57. The molecule has 0 aliphatic carbocycles. The van der Waals surface area contributed by atoms with E-state index in [-0.39, 0.29) is 6.04 Å². The summed E-state index contributed by atoms with van der Waals surface area (Å²) in [7, 11) is 0. The van der Waals surface area contributed by atoms with Crippen LogP contribution in [0.3, 0.4) is 0 Å². The summed E-state index contributed by atoms with van der Waals surface area (Å²) in [6.45, 7) is 0. The quantitative estimate of drug-likeness (QED) is 0.658. The third kappa shape index (κ3) is 2.00. The van der Waals surface area contributed by atoms with E-state index in [1.807, 2.05) is 17.8 Å². The van der Waals surface area contributed by atoms with Gasteiger partial charge in [0.25, 0.3) is 0 Å². The van der Waals surface area contributed by atoms with Crippen LogP contribution in [0.4, 0.5) is 0 Å². The van der Waals surface area contributed by atoms with E-state index in [0.717, 1.165) is 10.2 Å². The topological polar surface area (TPSA) is 51.2 Å². The lowest BCUT2D eigenvalue weighted by Gasteiger charge is -2.20. The first kappa shape index (κ1) is 10.5. The Balaban J connectivity index is 2.16. The zero-order chi connectivity index (χ0) is 9.97. The Labute approximate surface area is 95.9 Å². The molecule has 2 unspecified atom stereocenters. The third-order valence-electron chi connectivity index (χ3n) is 2.44. The Kier molecular flexibility index (Phi) is 3.54. The molecule has 1 fully saturated rings. The molecule has 0 radical (unpaired) electrons. The minimum absolute atomic E-state index is 0.117. The number of hydrogen-bond acceptors (Lipinski definition) is 4. The molecule has 3 N–H and O–H groups in total. The fourth-order valence-electron chi connectivity index (χ4n) is 1.74. The Morgan fingerprint density at radius 2 is 2.57 bits per heavy atom. The number of halogens is 1. The Morgan fingerprint density at radius 3 is 3.07 bits per heavy atom. The van der Waals surface area contributed by atoms with Crippen molar-refractivity contribution in [2.24, 2.45) is 5.84 Å². The SMILES string of the molecule is NNC(c1occc1Br)C1CCCS1. The van der Waals surface area contributed by atoms with Crippen LogP contribution in [0.15, 0.2) is 21.2 Å². The maximum Gasteiger partial charge on any atom is 0.137 e. The van der Waals surface area contributed by atoms with Crippen LogP contribution < -0.4 is 11.3 Å². The van der Waals surface area contributed by atoms with Crippen molar-refractivity contribution in [1.82, 2.24) is 5.43 Å². The lowest BCUT2D eigenvalue weighted by molar-refractivity contribution is 0.403. The highest BCUT2D eigenvalue weighted by atomic mass is 79.9. The largest absolute Gasteiger partial charge is 0.466 e. The molecule has 14 heavy (non-hydrogen) atoms. The van der Waals surface area contributed by atoms with Crippen LogP contribution in [0, 0.1) is 0 Å². The van der Waals surface area contributed by atoms with Crippen LogP contribution in [-0.4, -0.2) is 11.0 Å². The van der Waals surface area contributed by atoms with Crippen molar-refractivity contribution < 1.29 is 4.42 Å². The number of nitrogens with two attached hydrogens (primary N) is 1. The van der Waals surface area contributed by atoms with Gasteiger partial charge in [-0.15, -0.1) is 0 Å². The number of hydrazine groups is 1. The molecular weight excluding hydrogens is 264 g/mol. The van der Waals surface area contributed by atoms with E-state index in [1.54, 1.807) is 6.26 Å². The number of nitrogens with one attached hydrogen (secondary N) is 1. The first-order valence-corrected chi connectivity index (χ1v) is 6.47. The van der Waals surface area contributed by atoms with Crippen molar-refractivity contribution >= 4 is 27.7 Å². The Morgan fingerprint density at radius 1 is 1.71 bits per heavy atom. The fourth-order valence-corrected chi connectivity index (χ4v) is 3.56. The summed E-state index contributed by atoms with van der Waals surface area (Å²) in [5, 5.41) is 0.530. The molecule has 0 spiro atoms. The van der Waals surface area contributed by atoms with Crippen LogP contribution in [0.25, 0.3) is 0 Å². The zero-order valence-electron chi connectivity index (χ0n) is 7.70. The van der Waals surface area contributed by atoms with E-state index in [9.17, 15) is 0 Å². The summed E-state index contributed by atoms with van der Waals surface area (Å²) < 4.78 is 6.42. The fraction of sp³-hybridized carbons (Fsp3) is 0.556. The van der Waals surface area contributed by atoms with Gasteiger partial charge in [-0.05, 0) is 40.6 Å². The first-order chi connectivity index (χ1) is 6.83. The number of thioether (sulfide) groups is 1. The van der Waals surface area contributed by atoms with Gasteiger partial charge in [0.05, 0.1) is 16.8 Å². The van der Waals surface area contributed by atoms with E-state index in [4.69, 9.17) is 10.3 Å². The van der Waals surface area contributed by atoms with E-state index < -0.39 is 0 Å². The number of furan rings is 1. The summed E-state index contributed by atoms with van der Waals surface area (Å²) in [5.41, 5.74) is 2.84. The van der Waals surface area contributed by atoms with Crippen molar-refractivity contribution in [2.45, 2.75) is 24.1 Å². The molecule has 0 aromatic carbocycles. The molecule has 5 heteroatoms. The third-order valence-corrected chi connectivity index (χ3v) is 4.56. The van der Waals surface area contributed by atoms with Gasteiger partial charge >= 0.3 is 0 Å². The molecule has 0 saturated carbocycles. The summed E-state index contributed by atoms with van der Waals surface area (Å²) in [6.07, 6.45) is 4.15. The van der Waals surface area contributed by atoms with Crippen LogP contribution in [-0.2, 0) is 0 Å². The zero-order valence-corrected chi connectivity index (χ0v) is 10.1. The highest BCUT2D eigenvalue weighted by Gasteiger charge is 2.29. The molecule has 1 aliphatic heterocycles. The lowest BCUT2D eigenvalue weighted by Crippen LogP contribution is -2.34. The van der Waals surface area contributed by atoms with Gasteiger partial charge in [-0.3, -0.25) is 5.84 Å². The van der Waals surface area contributed by atoms with Gasteiger partial charge in [-0.25, -0.2) is 5.43 Å². The van der Waals surface area contributed by atoms with Crippen LogP contribution >= 0.6 is 27.7 Å². The van der Waals surface area contributed by atoms with Crippen LogP contribution in [0.2, 0.25) is 0 Å². The summed E-state index contributed by atoms with van der Waals surface area (Å²) in [5.74, 6) is 7.70. The highest BCUT2D eigenvalue weighted by Crippen LogP contribution is 2.38. The van der Waals surface area contributed by atoms with Crippen molar-refractivity contribution in [3.63, 3.8) is 0 Å². The molecule has 2 atom stereocenters. The molecule has 0 bridgehead atoms. The molecule has 1 aliphatic rings. The minimum Gasteiger partial charge on any atom is -0.466 e. The molecule has 2 heterocycles. The van der Waals surface area contributed by atoms with Gasteiger partial charge in [0, 0.05) is 5.25 Å². The molecular formula is C9H13BrN2OS. The van der Waals surface area contributed by atoms with Gasteiger partial charge in [-0.1, -0.05) is 0 Å². The summed E-state index contributed by atoms with van der Waals surface area (Å²) in [6, 6.07) is 2.02. The van der Waals surface area contributed by atoms with Gasteiger partial charge < -0.3 is 4.42 Å². The summed E-state index contributed by atoms with van der Waals surface area (Å²) >= 11 is 5.41. The monoisotopic (exact) mass is 276 g/mol. The summed E-state index contributed by atoms with van der Waals surface area (Å²) in [4.78, 5) is 0. The average molecular weight is 277 g/mol. The van der Waals surface area contributed by atoms with Crippen LogP contribution in [0.1, 0.15) is 24.6 Å². The van der Waals surface area contributed by atoms with Crippen molar-refractivity contribution in [3.8, 4) is 0 Å². The molecule has 3 nitrogen and oxygen atoms in total. The second-order valence-corrected chi connectivity index (χ2v) is 5.53. The van der Waals surface area contributed by atoms with Gasteiger partial charge in [-0.2, -0.15) is 11.8 Å². The second kappa shape index (κ2) is 4.70. The van der Waals surface area contributed by atoms with Crippen molar-refractivity contribution in [2.75, 3.05) is 5.75 Å². The average Bonchev–Trinajstić information content (AvgIpc) is 2.80.